The van der Waals surface area contributed by atoms with E-state index in [0.717, 1.165) is 45.3 Å². The lowest BCUT2D eigenvalue weighted by molar-refractivity contribution is -0.144. The molecule has 1 aromatic rings. The second kappa shape index (κ2) is 16.4. The molecule has 2 aliphatic rings. The Hall–Kier alpha value is -1.62. The molecule has 5 N–H and O–H groups in total. The predicted octanol–water partition coefficient (Wildman–Crippen LogP) is 2.96. The van der Waals surface area contributed by atoms with Gasteiger partial charge in [0.25, 0.3) is 0 Å². The van der Waals surface area contributed by atoms with Gasteiger partial charge in [-0.05, 0) is 90.1 Å². The van der Waals surface area contributed by atoms with Gasteiger partial charge in [0.2, 0.25) is 0 Å². The third kappa shape index (κ3) is 9.57. The summed E-state index contributed by atoms with van der Waals surface area (Å²) in [6.07, 6.45) is 4.72. The van der Waals surface area contributed by atoms with Gasteiger partial charge in [-0.15, -0.1) is 37.2 Å². The van der Waals surface area contributed by atoms with Gasteiger partial charge in [0.15, 0.2) is 5.78 Å². The number of carbonyl (C=O) groups is 2. The number of rotatable bonds is 11. The number of ether oxygens (including phenoxy) is 1. The molecular weight excluding hydrogens is 541 g/mol. The van der Waals surface area contributed by atoms with Crippen molar-refractivity contribution in [3.05, 3.63) is 29.8 Å². The Balaban J connectivity index is 0.00000432. The molecule has 2 heterocycles. The van der Waals surface area contributed by atoms with Crippen molar-refractivity contribution in [2.75, 3.05) is 40.3 Å². The molecule has 0 bridgehead atoms. The molecule has 1 unspecified atom stereocenters. The summed E-state index contributed by atoms with van der Waals surface area (Å²) in [5, 5.41) is 20.6. The largest absolute Gasteiger partial charge is 0.494 e. The van der Waals surface area contributed by atoms with Crippen LogP contribution in [0.5, 0.6) is 5.75 Å². The number of carboxylic acid groups (broad SMARTS) is 1. The first kappa shape index (κ1) is 35.4. The minimum absolute atomic E-state index is 0. The van der Waals surface area contributed by atoms with Crippen molar-refractivity contribution in [2.24, 2.45) is 5.73 Å². The maximum atomic E-state index is 14.0. The van der Waals surface area contributed by atoms with Crippen LogP contribution in [0.15, 0.2) is 24.3 Å². The molecule has 2 aliphatic heterocycles. The van der Waals surface area contributed by atoms with E-state index in [-0.39, 0.29) is 61.3 Å². The van der Waals surface area contributed by atoms with Crippen molar-refractivity contribution >= 4 is 54.8 Å². The molecule has 0 amide bonds. The molecule has 0 saturated carbocycles. The number of hydrogen-bond donors (Lipinski definition) is 4. The average Bonchev–Trinajstić information content (AvgIpc) is 2.83. The lowest BCUT2D eigenvalue weighted by atomic mass is 9.78. The Morgan fingerprint density at radius 2 is 1.84 bits per heavy atom. The summed E-state index contributed by atoms with van der Waals surface area (Å²) in [5.41, 5.74) is 5.34. The average molecular weight is 583 g/mol. The van der Waals surface area contributed by atoms with E-state index in [2.05, 4.69) is 17.3 Å². The molecule has 0 radical (unpaired) electrons. The fraction of sp³-hybridized carbons (Fsp3) is 0.640. The SMILES string of the molecule is CN1CCC(N(C)[C@@H](CC(=O)O)C(=O)C2(CCOc3ccc(C(=N)N)cc3)CCCCN2)CC1.Cl.Cl.Cl. The highest BCUT2D eigenvalue weighted by Gasteiger charge is 2.45. The number of Topliss-reactive ketones (excluding diaryl/α,β-unsaturated/α-hetero) is 1. The third-order valence-corrected chi connectivity index (χ3v) is 7.35. The molecule has 0 spiro atoms. The van der Waals surface area contributed by atoms with Crippen LogP contribution in [0.1, 0.15) is 50.5 Å². The number of piperidine rings is 2. The van der Waals surface area contributed by atoms with Gasteiger partial charge < -0.3 is 25.8 Å². The number of nitrogen functional groups attached to an aromatic ring is 1. The summed E-state index contributed by atoms with van der Waals surface area (Å²) in [6.45, 7) is 2.96. The minimum atomic E-state index is -0.953. The zero-order valence-corrected chi connectivity index (χ0v) is 24.1. The van der Waals surface area contributed by atoms with Crippen LogP contribution in [0.4, 0.5) is 0 Å². The van der Waals surface area contributed by atoms with Crippen LogP contribution in [0, 0.1) is 5.41 Å². The molecule has 2 saturated heterocycles. The standard InChI is InChI=1S/C25H39N5O4.3ClH/c1-29-14-9-19(10-15-29)30(2)21(17-22(31)32)23(33)25(11-3-4-13-28-25)12-16-34-20-7-5-18(6-8-20)24(26)27;;;/h5-8,19,21,28H,3-4,9-17H2,1-2H3,(H3,26,27)(H,31,32);3*1H/t21-,25?;;;/m0.../s1. The number of benzene rings is 1. The maximum absolute atomic E-state index is 14.0. The zero-order valence-electron chi connectivity index (χ0n) is 21.6. The number of carbonyl (C=O) groups excluding carboxylic acids is 1. The highest BCUT2D eigenvalue weighted by molar-refractivity contribution is 5.96. The molecule has 0 aliphatic carbocycles. The van der Waals surface area contributed by atoms with E-state index < -0.39 is 17.6 Å². The summed E-state index contributed by atoms with van der Waals surface area (Å²) in [4.78, 5) is 30.0. The van der Waals surface area contributed by atoms with Crippen LogP contribution in [0.2, 0.25) is 0 Å². The van der Waals surface area contributed by atoms with Crippen LogP contribution >= 0.6 is 37.2 Å². The zero-order chi connectivity index (χ0) is 24.7. The van der Waals surface area contributed by atoms with E-state index in [9.17, 15) is 14.7 Å². The van der Waals surface area contributed by atoms with Crippen LogP contribution in [-0.4, -0.2) is 90.5 Å². The normalized spacial score (nSPS) is 21.1. The monoisotopic (exact) mass is 581 g/mol. The second-order valence-electron chi connectivity index (χ2n) is 9.68. The smallest absolute Gasteiger partial charge is 0.305 e. The van der Waals surface area contributed by atoms with Crippen molar-refractivity contribution in [3.63, 3.8) is 0 Å². The number of carboxylic acids is 1. The molecule has 2 fully saturated rings. The Kier molecular flexibility index (Phi) is 15.6. The number of nitrogens with one attached hydrogen (secondary N) is 2. The molecular formula is C25H42Cl3N5O4. The van der Waals surface area contributed by atoms with Crippen LogP contribution in [-0.2, 0) is 9.59 Å². The molecule has 0 aromatic heterocycles. The van der Waals surface area contributed by atoms with Crippen LogP contribution < -0.4 is 15.8 Å². The van der Waals surface area contributed by atoms with Gasteiger partial charge in [-0.25, -0.2) is 0 Å². The fourth-order valence-electron chi connectivity index (χ4n) is 5.15. The van der Waals surface area contributed by atoms with E-state index in [4.69, 9.17) is 15.9 Å². The number of nitrogens with two attached hydrogens (primary N) is 1. The number of nitrogens with zero attached hydrogens (tertiary/aromatic N) is 2. The molecule has 212 valence electrons. The van der Waals surface area contributed by atoms with E-state index in [1.165, 1.54) is 0 Å². The highest BCUT2D eigenvalue weighted by Crippen LogP contribution is 2.30. The first-order valence-electron chi connectivity index (χ1n) is 12.2. The van der Waals surface area contributed by atoms with Gasteiger partial charge in [0, 0.05) is 18.0 Å². The summed E-state index contributed by atoms with van der Waals surface area (Å²) in [6, 6.07) is 6.52. The quantitative estimate of drug-likeness (QED) is 0.231. The number of halogens is 3. The molecule has 3 rings (SSSR count). The molecule has 12 heteroatoms. The number of likely N-dealkylation sites (tertiary alicyclic amines) is 1. The van der Waals surface area contributed by atoms with Gasteiger partial charge in [0.05, 0.1) is 24.6 Å². The first-order chi connectivity index (χ1) is 16.2. The molecule has 37 heavy (non-hydrogen) atoms. The van der Waals surface area contributed by atoms with Gasteiger partial charge in [0.1, 0.15) is 11.6 Å². The van der Waals surface area contributed by atoms with Crippen LogP contribution in [0.25, 0.3) is 0 Å². The van der Waals surface area contributed by atoms with Crippen LogP contribution in [0.3, 0.4) is 0 Å². The first-order valence-corrected chi connectivity index (χ1v) is 12.2. The minimum Gasteiger partial charge on any atom is -0.494 e. The second-order valence-corrected chi connectivity index (χ2v) is 9.68. The lowest BCUT2D eigenvalue weighted by Crippen LogP contribution is -2.62. The Morgan fingerprint density at radius 1 is 1.22 bits per heavy atom. The topological polar surface area (TPSA) is 132 Å². The van der Waals surface area contributed by atoms with E-state index in [0.29, 0.717) is 30.8 Å². The Labute approximate surface area is 238 Å². The molecule has 1 aromatic carbocycles. The van der Waals surface area contributed by atoms with E-state index in [1.54, 1.807) is 24.3 Å². The van der Waals surface area contributed by atoms with Gasteiger partial charge in [-0.2, -0.15) is 0 Å². The number of ketones is 1. The van der Waals surface area contributed by atoms with E-state index >= 15 is 0 Å². The lowest BCUT2D eigenvalue weighted by Gasteiger charge is -2.44. The highest BCUT2D eigenvalue weighted by atomic mass is 35.5. The summed E-state index contributed by atoms with van der Waals surface area (Å²) >= 11 is 0. The summed E-state index contributed by atoms with van der Waals surface area (Å²) < 4.78 is 5.93. The third-order valence-electron chi connectivity index (χ3n) is 7.35. The predicted molar refractivity (Wildman–Crippen MR) is 153 cm³/mol. The number of amidine groups is 1. The van der Waals surface area contributed by atoms with Gasteiger partial charge in [-0.3, -0.25) is 19.9 Å². The van der Waals surface area contributed by atoms with Crippen molar-refractivity contribution in [1.82, 2.24) is 15.1 Å². The van der Waals surface area contributed by atoms with E-state index in [1.807, 2.05) is 11.9 Å². The summed E-state index contributed by atoms with van der Waals surface area (Å²) in [5.74, 6) is -0.341. The van der Waals surface area contributed by atoms with Gasteiger partial charge >= 0.3 is 5.97 Å². The maximum Gasteiger partial charge on any atom is 0.305 e. The van der Waals surface area contributed by atoms with Crippen molar-refractivity contribution in [1.29, 1.82) is 5.41 Å². The Morgan fingerprint density at radius 3 is 2.35 bits per heavy atom. The fourth-order valence-corrected chi connectivity index (χ4v) is 5.15. The Bertz CT molecular complexity index is 860. The van der Waals surface area contributed by atoms with Gasteiger partial charge in [-0.1, -0.05) is 0 Å². The van der Waals surface area contributed by atoms with Crippen molar-refractivity contribution in [3.8, 4) is 5.75 Å². The summed E-state index contributed by atoms with van der Waals surface area (Å²) in [7, 11) is 4.00. The van der Waals surface area contributed by atoms with Crippen molar-refractivity contribution < 1.29 is 19.4 Å². The number of hydrogen-bond acceptors (Lipinski definition) is 7. The molecule has 2 atom stereocenters. The van der Waals surface area contributed by atoms with Crippen molar-refractivity contribution in [2.45, 2.75) is 62.6 Å². The number of aliphatic carboxylic acids is 1. The number of likely N-dealkylation sites (N-methyl/N-ethyl adjacent to an activating group) is 1. The molecule has 9 nitrogen and oxygen atoms in total.